The van der Waals surface area contributed by atoms with Gasteiger partial charge in [-0.25, -0.2) is 14.0 Å². The van der Waals surface area contributed by atoms with E-state index in [4.69, 9.17) is 4.42 Å². The number of urea groups is 1. The standard InChI is InChI=1S/C21H20FN3O3/c22-15-10-4-5-11-16(15)24-21(27)25-19-18(23-13-7-1-2-8-13)14-9-3-6-12-17(14)28-20(19)26/h3-6,9-13,23H,1-2,7-8H2,(H2,24,25,27). The van der Waals surface area contributed by atoms with Gasteiger partial charge in [-0.15, -0.1) is 0 Å². The summed E-state index contributed by atoms with van der Waals surface area (Å²) in [6, 6.07) is 12.5. The van der Waals surface area contributed by atoms with Crippen molar-refractivity contribution in [3.05, 3.63) is 64.8 Å². The molecule has 3 N–H and O–H groups in total. The summed E-state index contributed by atoms with van der Waals surface area (Å²) >= 11 is 0. The van der Waals surface area contributed by atoms with Gasteiger partial charge < -0.3 is 15.1 Å². The number of rotatable bonds is 4. The van der Waals surface area contributed by atoms with Gasteiger partial charge in [0.1, 0.15) is 11.4 Å². The van der Waals surface area contributed by atoms with Gasteiger partial charge in [0.25, 0.3) is 0 Å². The molecule has 0 aliphatic heterocycles. The van der Waals surface area contributed by atoms with Gasteiger partial charge in [-0.2, -0.15) is 0 Å². The minimum Gasteiger partial charge on any atom is -0.421 e. The minimum absolute atomic E-state index is 0.0134. The average Bonchev–Trinajstić information content (AvgIpc) is 3.19. The molecule has 0 bridgehead atoms. The monoisotopic (exact) mass is 381 g/mol. The SMILES string of the molecule is O=C(Nc1ccccc1F)Nc1c(NC2CCCC2)c2ccccc2oc1=O. The third kappa shape index (κ3) is 3.69. The Kier molecular flexibility index (Phi) is 4.97. The Labute approximate surface area is 160 Å². The van der Waals surface area contributed by atoms with Crippen LogP contribution in [0, 0.1) is 5.82 Å². The van der Waals surface area contributed by atoms with Crippen molar-refractivity contribution < 1.29 is 13.6 Å². The van der Waals surface area contributed by atoms with Gasteiger partial charge in [0.05, 0.1) is 11.4 Å². The van der Waals surface area contributed by atoms with Gasteiger partial charge in [-0.1, -0.05) is 37.1 Å². The highest BCUT2D eigenvalue weighted by molar-refractivity contribution is 6.05. The molecule has 4 rings (SSSR count). The van der Waals surface area contributed by atoms with Crippen LogP contribution in [0.4, 0.5) is 26.2 Å². The highest BCUT2D eigenvalue weighted by Gasteiger charge is 2.22. The van der Waals surface area contributed by atoms with E-state index in [9.17, 15) is 14.0 Å². The number of halogens is 1. The van der Waals surface area contributed by atoms with Gasteiger partial charge in [-0.3, -0.25) is 5.32 Å². The number of amides is 2. The van der Waals surface area contributed by atoms with Crippen LogP contribution in [0.3, 0.4) is 0 Å². The Morgan fingerprint density at radius 1 is 0.964 bits per heavy atom. The summed E-state index contributed by atoms with van der Waals surface area (Å²) in [5.41, 5.74) is 0.341. The molecule has 144 valence electrons. The number of fused-ring (bicyclic) bond motifs is 1. The van der Waals surface area contributed by atoms with Crippen molar-refractivity contribution in [3.63, 3.8) is 0 Å². The summed E-state index contributed by atoms with van der Waals surface area (Å²) in [6.07, 6.45) is 4.23. The molecular weight excluding hydrogens is 361 g/mol. The van der Waals surface area contributed by atoms with E-state index < -0.39 is 17.5 Å². The summed E-state index contributed by atoms with van der Waals surface area (Å²) in [5, 5.41) is 9.06. The van der Waals surface area contributed by atoms with Gasteiger partial charge in [0.15, 0.2) is 5.69 Å². The van der Waals surface area contributed by atoms with Gasteiger partial charge in [0, 0.05) is 11.4 Å². The number of carbonyl (C=O) groups is 1. The van der Waals surface area contributed by atoms with E-state index in [1.165, 1.54) is 18.2 Å². The van der Waals surface area contributed by atoms with Gasteiger partial charge >= 0.3 is 11.7 Å². The van der Waals surface area contributed by atoms with Crippen molar-refractivity contribution in [1.82, 2.24) is 0 Å². The van der Waals surface area contributed by atoms with Crippen LogP contribution in [0.2, 0.25) is 0 Å². The van der Waals surface area contributed by atoms with Crippen LogP contribution in [0.15, 0.2) is 57.7 Å². The number of nitrogens with one attached hydrogen (secondary N) is 3. The first-order valence-electron chi connectivity index (χ1n) is 9.27. The predicted molar refractivity (Wildman–Crippen MR) is 107 cm³/mol. The van der Waals surface area contributed by atoms with Crippen LogP contribution in [0.25, 0.3) is 11.0 Å². The number of para-hydroxylation sites is 2. The fourth-order valence-corrected chi connectivity index (χ4v) is 3.52. The van der Waals surface area contributed by atoms with E-state index >= 15 is 0 Å². The van der Waals surface area contributed by atoms with E-state index in [1.807, 2.05) is 12.1 Å². The summed E-state index contributed by atoms with van der Waals surface area (Å²) in [7, 11) is 0. The molecule has 0 atom stereocenters. The molecule has 0 radical (unpaired) electrons. The molecule has 3 aromatic rings. The fourth-order valence-electron chi connectivity index (χ4n) is 3.52. The molecule has 1 fully saturated rings. The lowest BCUT2D eigenvalue weighted by Crippen LogP contribution is -2.26. The Hall–Kier alpha value is -3.35. The van der Waals surface area contributed by atoms with Crippen molar-refractivity contribution in [2.45, 2.75) is 31.7 Å². The molecule has 1 heterocycles. The molecule has 1 aromatic heterocycles. The molecule has 0 spiro atoms. The number of hydrogen-bond acceptors (Lipinski definition) is 4. The Bertz CT molecular complexity index is 1070. The molecule has 0 unspecified atom stereocenters. The number of benzene rings is 2. The van der Waals surface area contributed by atoms with Crippen molar-refractivity contribution >= 4 is 34.1 Å². The topological polar surface area (TPSA) is 83.4 Å². The van der Waals surface area contributed by atoms with E-state index in [-0.39, 0.29) is 17.4 Å². The smallest absolute Gasteiger partial charge is 0.362 e. The van der Waals surface area contributed by atoms with Gasteiger partial charge in [0.2, 0.25) is 0 Å². The Balaban J connectivity index is 1.68. The van der Waals surface area contributed by atoms with Crippen LogP contribution in [0.5, 0.6) is 0 Å². The highest BCUT2D eigenvalue weighted by Crippen LogP contribution is 2.32. The van der Waals surface area contributed by atoms with Crippen LogP contribution in [-0.2, 0) is 0 Å². The second kappa shape index (κ2) is 7.72. The first-order chi connectivity index (χ1) is 13.6. The number of carbonyl (C=O) groups excluding carboxylic acids is 1. The number of anilines is 3. The molecule has 2 amide bonds. The second-order valence-corrected chi connectivity index (χ2v) is 6.82. The van der Waals surface area contributed by atoms with E-state index in [0.29, 0.717) is 16.7 Å². The molecule has 1 aliphatic rings. The lowest BCUT2D eigenvalue weighted by molar-refractivity contribution is 0.262. The zero-order chi connectivity index (χ0) is 19.5. The average molecular weight is 381 g/mol. The summed E-state index contributed by atoms with van der Waals surface area (Å²) < 4.78 is 19.2. The highest BCUT2D eigenvalue weighted by atomic mass is 19.1. The van der Waals surface area contributed by atoms with Crippen LogP contribution >= 0.6 is 0 Å². The van der Waals surface area contributed by atoms with Crippen LogP contribution in [-0.4, -0.2) is 12.1 Å². The third-order valence-corrected chi connectivity index (χ3v) is 4.88. The van der Waals surface area contributed by atoms with Gasteiger partial charge in [-0.05, 0) is 37.1 Å². The maximum Gasteiger partial charge on any atom is 0.362 e. The molecule has 28 heavy (non-hydrogen) atoms. The molecule has 1 aliphatic carbocycles. The largest absolute Gasteiger partial charge is 0.421 e. The zero-order valence-electron chi connectivity index (χ0n) is 15.1. The molecular formula is C21H20FN3O3. The predicted octanol–water partition coefficient (Wildman–Crippen LogP) is 4.93. The normalized spacial score (nSPS) is 14.2. The fraction of sp³-hybridized carbons (Fsp3) is 0.238. The van der Waals surface area contributed by atoms with Crippen LogP contribution < -0.4 is 21.6 Å². The summed E-state index contributed by atoms with van der Waals surface area (Å²) in [4.78, 5) is 25.0. The maximum absolute atomic E-state index is 13.8. The second-order valence-electron chi connectivity index (χ2n) is 6.82. The van der Waals surface area contributed by atoms with Crippen molar-refractivity contribution in [3.8, 4) is 0 Å². The van der Waals surface area contributed by atoms with Crippen molar-refractivity contribution in [2.24, 2.45) is 0 Å². The van der Waals surface area contributed by atoms with E-state index in [2.05, 4.69) is 16.0 Å². The van der Waals surface area contributed by atoms with E-state index in [0.717, 1.165) is 25.7 Å². The van der Waals surface area contributed by atoms with Crippen molar-refractivity contribution in [2.75, 3.05) is 16.0 Å². The first-order valence-corrected chi connectivity index (χ1v) is 9.27. The quantitative estimate of drug-likeness (QED) is 0.560. The zero-order valence-corrected chi connectivity index (χ0v) is 15.1. The lowest BCUT2D eigenvalue weighted by Gasteiger charge is -2.18. The van der Waals surface area contributed by atoms with E-state index in [1.54, 1.807) is 18.2 Å². The third-order valence-electron chi connectivity index (χ3n) is 4.88. The first kappa shape index (κ1) is 18.0. The van der Waals surface area contributed by atoms with Crippen molar-refractivity contribution in [1.29, 1.82) is 0 Å². The summed E-state index contributed by atoms with van der Waals surface area (Å²) in [5.74, 6) is -0.563. The Morgan fingerprint density at radius 2 is 1.68 bits per heavy atom. The summed E-state index contributed by atoms with van der Waals surface area (Å²) in [6.45, 7) is 0. The molecule has 1 saturated carbocycles. The maximum atomic E-state index is 13.8. The molecule has 6 nitrogen and oxygen atoms in total. The lowest BCUT2D eigenvalue weighted by atomic mass is 10.1. The molecule has 2 aromatic carbocycles. The van der Waals surface area contributed by atoms with Crippen LogP contribution in [0.1, 0.15) is 25.7 Å². The molecule has 7 heteroatoms. The number of hydrogen-bond donors (Lipinski definition) is 3. The molecule has 0 saturated heterocycles. The minimum atomic E-state index is -0.720. The Morgan fingerprint density at radius 3 is 2.46 bits per heavy atom.